The summed E-state index contributed by atoms with van der Waals surface area (Å²) < 4.78 is 15.8. The molecule has 3 rings (SSSR count). The van der Waals surface area contributed by atoms with Crippen molar-refractivity contribution in [3.8, 4) is 11.5 Å². The van der Waals surface area contributed by atoms with E-state index in [0.717, 1.165) is 37.6 Å². The molecule has 1 fully saturated rings. The lowest BCUT2D eigenvalue weighted by molar-refractivity contribution is -0.903. The molecule has 2 aromatic rings. The molecule has 0 aromatic heterocycles. The van der Waals surface area contributed by atoms with E-state index >= 15 is 0 Å². The predicted molar refractivity (Wildman–Crippen MR) is 110 cm³/mol. The second-order valence-electron chi connectivity index (χ2n) is 7.09. The summed E-state index contributed by atoms with van der Waals surface area (Å²) in [6.45, 7) is 4.58. The first-order chi connectivity index (χ1) is 14.1. The van der Waals surface area contributed by atoms with Gasteiger partial charge in [0.2, 0.25) is 0 Å². The third-order valence-corrected chi connectivity index (χ3v) is 5.14. The van der Waals surface area contributed by atoms with Gasteiger partial charge < -0.3 is 29.1 Å². The summed E-state index contributed by atoms with van der Waals surface area (Å²) in [4.78, 5) is 15.1. The number of carbonyl (C=O) groups excluding carboxylic acids is 1. The smallest absolute Gasteiger partial charge is 0.337 e. The van der Waals surface area contributed by atoms with E-state index in [1.54, 1.807) is 31.4 Å². The molecule has 2 N–H and O–H groups in total. The van der Waals surface area contributed by atoms with Crippen LogP contribution in [0.5, 0.6) is 11.5 Å². The number of anilines is 1. The van der Waals surface area contributed by atoms with Gasteiger partial charge >= 0.3 is 5.97 Å². The maximum absolute atomic E-state index is 11.4. The number of piperazine rings is 1. The second-order valence-corrected chi connectivity index (χ2v) is 7.09. The minimum atomic E-state index is -0.553. The average Bonchev–Trinajstić information content (AvgIpc) is 2.78. The Hall–Kier alpha value is -2.77. The van der Waals surface area contributed by atoms with Crippen LogP contribution in [0, 0.1) is 0 Å². The number of benzene rings is 2. The highest BCUT2D eigenvalue weighted by atomic mass is 16.5. The largest absolute Gasteiger partial charge is 0.495 e. The first-order valence-electron chi connectivity index (χ1n) is 9.81. The Morgan fingerprint density at radius 3 is 2.45 bits per heavy atom. The molecule has 1 aliphatic heterocycles. The molecular weight excluding hydrogens is 372 g/mol. The van der Waals surface area contributed by atoms with E-state index in [4.69, 9.17) is 9.47 Å². The molecule has 1 heterocycles. The van der Waals surface area contributed by atoms with Gasteiger partial charge in [0.1, 0.15) is 30.8 Å². The van der Waals surface area contributed by atoms with Gasteiger partial charge in [-0.05, 0) is 36.4 Å². The molecule has 29 heavy (non-hydrogen) atoms. The number of ether oxygens (including phenoxy) is 3. The molecule has 0 bridgehead atoms. The van der Waals surface area contributed by atoms with Gasteiger partial charge in [-0.3, -0.25) is 0 Å². The van der Waals surface area contributed by atoms with Crippen LogP contribution in [0.25, 0.3) is 0 Å². The Morgan fingerprint density at radius 2 is 1.79 bits per heavy atom. The molecule has 7 nitrogen and oxygen atoms in total. The van der Waals surface area contributed by atoms with Gasteiger partial charge in [0.15, 0.2) is 0 Å². The topological polar surface area (TPSA) is 72.7 Å². The number of para-hydroxylation sites is 2. The van der Waals surface area contributed by atoms with Crippen molar-refractivity contribution >= 4 is 11.7 Å². The number of hydrogen-bond acceptors (Lipinski definition) is 6. The molecule has 156 valence electrons. The maximum atomic E-state index is 11.4. The van der Waals surface area contributed by atoms with Gasteiger partial charge in [-0.15, -0.1) is 0 Å². The lowest BCUT2D eigenvalue weighted by Gasteiger charge is -2.35. The molecule has 1 aliphatic rings. The summed E-state index contributed by atoms with van der Waals surface area (Å²) in [5.74, 6) is 1.13. The Bertz CT molecular complexity index is 788. The van der Waals surface area contributed by atoms with E-state index in [2.05, 4.69) is 15.7 Å². The van der Waals surface area contributed by atoms with Crippen LogP contribution in [0.4, 0.5) is 5.69 Å². The SMILES string of the molecule is COC(=O)c1ccc(OC[C@@H](O)C[NH+]2CCN(c3ccccc3OC)CC2)cc1. The molecule has 0 spiro atoms. The van der Waals surface area contributed by atoms with Crippen LogP contribution in [0.2, 0.25) is 0 Å². The highest BCUT2D eigenvalue weighted by Gasteiger charge is 2.24. The Morgan fingerprint density at radius 1 is 1.10 bits per heavy atom. The van der Waals surface area contributed by atoms with Gasteiger partial charge in [-0.1, -0.05) is 12.1 Å². The van der Waals surface area contributed by atoms with E-state index in [1.807, 2.05) is 18.2 Å². The van der Waals surface area contributed by atoms with Gasteiger partial charge in [-0.25, -0.2) is 4.79 Å². The van der Waals surface area contributed by atoms with Gasteiger partial charge in [0.05, 0.1) is 51.6 Å². The Labute approximate surface area is 171 Å². The molecule has 0 amide bonds. The van der Waals surface area contributed by atoms with Crippen LogP contribution in [-0.4, -0.2) is 70.7 Å². The number of esters is 1. The highest BCUT2D eigenvalue weighted by molar-refractivity contribution is 5.89. The van der Waals surface area contributed by atoms with E-state index in [1.165, 1.54) is 12.0 Å². The van der Waals surface area contributed by atoms with E-state index < -0.39 is 6.10 Å². The fraction of sp³-hybridized carbons (Fsp3) is 0.409. The van der Waals surface area contributed by atoms with Gasteiger partial charge in [0, 0.05) is 0 Å². The summed E-state index contributed by atoms with van der Waals surface area (Å²) in [6.07, 6.45) is -0.553. The van der Waals surface area contributed by atoms with Crippen LogP contribution in [0.3, 0.4) is 0 Å². The number of quaternary nitrogens is 1. The van der Waals surface area contributed by atoms with Gasteiger partial charge in [0.25, 0.3) is 0 Å². The van der Waals surface area contributed by atoms with Crippen molar-refractivity contribution < 1.29 is 29.0 Å². The fourth-order valence-corrected chi connectivity index (χ4v) is 3.55. The Kier molecular flexibility index (Phi) is 7.32. The molecule has 0 saturated carbocycles. The first kappa shape index (κ1) is 21.0. The van der Waals surface area contributed by atoms with Crippen molar-refractivity contribution in [3.05, 3.63) is 54.1 Å². The summed E-state index contributed by atoms with van der Waals surface area (Å²) in [5, 5.41) is 10.4. The monoisotopic (exact) mass is 401 g/mol. The summed E-state index contributed by atoms with van der Waals surface area (Å²) in [5.41, 5.74) is 1.59. The summed E-state index contributed by atoms with van der Waals surface area (Å²) in [6, 6.07) is 14.8. The number of hydrogen-bond donors (Lipinski definition) is 2. The first-order valence-corrected chi connectivity index (χ1v) is 9.81. The highest BCUT2D eigenvalue weighted by Crippen LogP contribution is 2.27. The molecule has 0 aliphatic carbocycles. The van der Waals surface area contributed by atoms with Crippen LogP contribution < -0.4 is 19.3 Å². The summed E-state index contributed by atoms with van der Waals surface area (Å²) in [7, 11) is 3.04. The quantitative estimate of drug-likeness (QED) is 0.632. The Balaban J connectivity index is 1.43. The minimum Gasteiger partial charge on any atom is -0.495 e. The normalized spacial score (nSPS) is 15.6. The number of aliphatic hydroxyl groups excluding tert-OH is 1. The zero-order valence-corrected chi connectivity index (χ0v) is 17.0. The van der Waals surface area contributed by atoms with Crippen molar-refractivity contribution in [1.29, 1.82) is 0 Å². The zero-order valence-electron chi connectivity index (χ0n) is 17.0. The van der Waals surface area contributed by atoms with Crippen LogP contribution in [-0.2, 0) is 4.74 Å². The minimum absolute atomic E-state index is 0.220. The van der Waals surface area contributed by atoms with Gasteiger partial charge in [-0.2, -0.15) is 0 Å². The van der Waals surface area contributed by atoms with Crippen molar-refractivity contribution in [3.63, 3.8) is 0 Å². The van der Waals surface area contributed by atoms with Crippen LogP contribution in [0.15, 0.2) is 48.5 Å². The number of nitrogens with one attached hydrogen (secondary N) is 1. The molecule has 1 saturated heterocycles. The molecular formula is C22H29N2O5+. The molecule has 0 radical (unpaired) electrons. The maximum Gasteiger partial charge on any atom is 0.337 e. The van der Waals surface area contributed by atoms with Crippen molar-refractivity contribution in [2.75, 3.05) is 58.5 Å². The number of rotatable bonds is 8. The fourth-order valence-electron chi connectivity index (χ4n) is 3.55. The van der Waals surface area contributed by atoms with E-state index in [9.17, 15) is 9.90 Å². The summed E-state index contributed by atoms with van der Waals surface area (Å²) >= 11 is 0. The number of nitrogens with zero attached hydrogens (tertiary/aromatic N) is 1. The third-order valence-electron chi connectivity index (χ3n) is 5.14. The molecule has 0 unspecified atom stereocenters. The number of methoxy groups -OCH3 is 2. The van der Waals surface area contributed by atoms with E-state index in [-0.39, 0.29) is 12.6 Å². The molecule has 7 heteroatoms. The van der Waals surface area contributed by atoms with Crippen LogP contribution >= 0.6 is 0 Å². The lowest BCUT2D eigenvalue weighted by Crippen LogP contribution is -3.16. The van der Waals surface area contributed by atoms with E-state index in [0.29, 0.717) is 17.9 Å². The predicted octanol–water partition coefficient (Wildman–Crippen LogP) is 0.627. The molecule has 2 aromatic carbocycles. The second kappa shape index (κ2) is 10.1. The van der Waals surface area contributed by atoms with Crippen molar-refractivity contribution in [2.45, 2.75) is 6.10 Å². The number of aliphatic hydroxyl groups is 1. The molecule has 1 atom stereocenters. The van der Waals surface area contributed by atoms with Crippen molar-refractivity contribution in [1.82, 2.24) is 0 Å². The standard InChI is InChI=1S/C22H28N2O5/c1-27-21-6-4-3-5-20(21)24-13-11-23(12-14-24)15-18(25)16-29-19-9-7-17(8-10-19)22(26)28-2/h3-10,18,25H,11-16H2,1-2H3/p+1/t18-/m0/s1. The van der Waals surface area contributed by atoms with Crippen LogP contribution in [0.1, 0.15) is 10.4 Å². The van der Waals surface area contributed by atoms with Crippen molar-refractivity contribution in [2.24, 2.45) is 0 Å². The number of carbonyl (C=O) groups is 1. The zero-order chi connectivity index (χ0) is 20.6. The lowest BCUT2D eigenvalue weighted by atomic mass is 10.2. The average molecular weight is 401 g/mol. The third kappa shape index (κ3) is 5.62.